The second-order valence-electron chi connectivity index (χ2n) is 5.10. The average molecular weight is 335 g/mol. The van der Waals surface area contributed by atoms with Crippen LogP contribution in [0.3, 0.4) is 0 Å². The maximum Gasteiger partial charge on any atom is 0.338 e. The summed E-state index contributed by atoms with van der Waals surface area (Å²) < 4.78 is 9.92. The summed E-state index contributed by atoms with van der Waals surface area (Å²) in [4.78, 5) is 26.2. The third-order valence-corrected chi connectivity index (χ3v) is 3.38. The van der Waals surface area contributed by atoms with E-state index in [2.05, 4.69) is 11.4 Å². The van der Waals surface area contributed by atoms with E-state index < -0.39 is 11.9 Å². The summed E-state index contributed by atoms with van der Waals surface area (Å²) >= 11 is 0. The molecule has 0 aliphatic carbocycles. The lowest BCUT2D eigenvalue weighted by atomic mass is 10.0. The molecule has 0 bridgehead atoms. The fourth-order valence-electron chi connectivity index (χ4n) is 2.07. The highest BCUT2D eigenvalue weighted by Crippen LogP contribution is 2.23. The first kappa shape index (κ1) is 18.0. The van der Waals surface area contributed by atoms with Crippen LogP contribution in [-0.4, -0.2) is 25.2 Å². The molecule has 0 N–H and O–H groups in total. The number of ether oxygens (including phenoxy) is 2. The standard InChI is InChI=1S/C20H17NO4/c1-3-19(22)24-13-4-14-25-20(23)17-7-5-15(6-8-17)16-9-11-18(21-2)12-10-16/h3,5-12H,1,4,13-14H2. The molecule has 0 spiro atoms. The van der Waals surface area contributed by atoms with Gasteiger partial charge in [0.05, 0.1) is 25.3 Å². The highest BCUT2D eigenvalue weighted by molar-refractivity contribution is 5.90. The van der Waals surface area contributed by atoms with E-state index >= 15 is 0 Å². The summed E-state index contributed by atoms with van der Waals surface area (Å²) in [5.41, 5.74) is 2.95. The molecule has 5 heteroatoms. The molecule has 0 aliphatic rings. The molecule has 0 aromatic heterocycles. The summed E-state index contributed by atoms with van der Waals surface area (Å²) in [6.07, 6.45) is 1.51. The van der Waals surface area contributed by atoms with E-state index in [4.69, 9.17) is 16.0 Å². The normalized spacial score (nSPS) is 9.72. The van der Waals surface area contributed by atoms with Crippen molar-refractivity contribution in [1.29, 1.82) is 0 Å². The van der Waals surface area contributed by atoms with Crippen molar-refractivity contribution < 1.29 is 19.1 Å². The molecule has 0 atom stereocenters. The van der Waals surface area contributed by atoms with E-state index in [1.54, 1.807) is 24.3 Å². The number of esters is 2. The minimum absolute atomic E-state index is 0.170. The van der Waals surface area contributed by atoms with E-state index in [1.807, 2.05) is 24.3 Å². The Morgan fingerprint density at radius 2 is 1.52 bits per heavy atom. The van der Waals surface area contributed by atoms with Gasteiger partial charge in [-0.15, -0.1) is 0 Å². The molecule has 0 saturated heterocycles. The van der Waals surface area contributed by atoms with Crippen LogP contribution in [0, 0.1) is 6.57 Å². The minimum atomic E-state index is -0.494. The van der Waals surface area contributed by atoms with E-state index in [-0.39, 0.29) is 13.2 Å². The summed E-state index contributed by atoms with van der Waals surface area (Å²) in [5, 5.41) is 0. The van der Waals surface area contributed by atoms with Gasteiger partial charge in [0.1, 0.15) is 0 Å². The molecule has 5 nitrogen and oxygen atoms in total. The molecule has 0 radical (unpaired) electrons. The Hall–Kier alpha value is -3.39. The molecule has 2 aromatic rings. The van der Waals surface area contributed by atoms with Gasteiger partial charge in [-0.25, -0.2) is 14.4 Å². The zero-order valence-electron chi connectivity index (χ0n) is 13.6. The lowest BCUT2D eigenvalue weighted by Crippen LogP contribution is -2.09. The molecular weight excluding hydrogens is 318 g/mol. The van der Waals surface area contributed by atoms with Crippen LogP contribution < -0.4 is 0 Å². The summed E-state index contributed by atoms with van der Waals surface area (Å²) in [6, 6.07) is 14.3. The van der Waals surface area contributed by atoms with Crippen molar-refractivity contribution >= 4 is 17.6 Å². The van der Waals surface area contributed by atoms with Crippen LogP contribution >= 0.6 is 0 Å². The van der Waals surface area contributed by atoms with Crippen LogP contribution in [0.1, 0.15) is 16.8 Å². The number of benzene rings is 2. The smallest absolute Gasteiger partial charge is 0.338 e. The average Bonchev–Trinajstić information content (AvgIpc) is 2.67. The largest absolute Gasteiger partial charge is 0.462 e. The van der Waals surface area contributed by atoms with Crippen LogP contribution in [0.5, 0.6) is 0 Å². The lowest BCUT2D eigenvalue weighted by Gasteiger charge is -2.06. The first-order valence-corrected chi connectivity index (χ1v) is 7.68. The summed E-state index contributed by atoms with van der Waals surface area (Å²) in [7, 11) is 0. The highest BCUT2D eigenvalue weighted by atomic mass is 16.5. The lowest BCUT2D eigenvalue weighted by molar-refractivity contribution is -0.137. The Labute approximate surface area is 146 Å². The van der Waals surface area contributed by atoms with Crippen molar-refractivity contribution in [2.45, 2.75) is 6.42 Å². The van der Waals surface area contributed by atoms with Crippen LogP contribution in [-0.2, 0) is 14.3 Å². The second-order valence-corrected chi connectivity index (χ2v) is 5.10. The maximum absolute atomic E-state index is 11.9. The van der Waals surface area contributed by atoms with Crippen molar-refractivity contribution in [3.63, 3.8) is 0 Å². The molecule has 0 saturated carbocycles. The first-order valence-electron chi connectivity index (χ1n) is 7.68. The highest BCUT2D eigenvalue weighted by Gasteiger charge is 2.07. The summed E-state index contributed by atoms with van der Waals surface area (Å²) in [5.74, 6) is -0.920. The molecule has 0 amide bonds. The van der Waals surface area contributed by atoms with E-state index in [9.17, 15) is 9.59 Å². The van der Waals surface area contributed by atoms with Crippen molar-refractivity contribution in [3.05, 3.63) is 78.2 Å². The Morgan fingerprint density at radius 3 is 2.08 bits per heavy atom. The van der Waals surface area contributed by atoms with Crippen LogP contribution in [0.25, 0.3) is 16.0 Å². The first-order chi connectivity index (χ1) is 12.1. The third kappa shape index (κ3) is 5.33. The van der Waals surface area contributed by atoms with Crippen LogP contribution in [0.15, 0.2) is 61.2 Å². The van der Waals surface area contributed by atoms with E-state index in [0.717, 1.165) is 17.2 Å². The van der Waals surface area contributed by atoms with Gasteiger partial charge in [-0.1, -0.05) is 43.0 Å². The molecule has 0 heterocycles. The third-order valence-electron chi connectivity index (χ3n) is 3.38. The number of hydrogen-bond donors (Lipinski definition) is 0. The SMILES string of the molecule is [C-]#[N+]c1ccc(-c2ccc(C(=O)OCCCOC(=O)C=C)cc2)cc1. The minimum Gasteiger partial charge on any atom is -0.462 e. The van der Waals surface area contributed by atoms with Crippen molar-refractivity contribution in [2.24, 2.45) is 0 Å². The molecule has 2 rings (SSSR count). The maximum atomic E-state index is 11.9. The number of carbonyl (C=O) groups is 2. The topological polar surface area (TPSA) is 57.0 Å². The van der Waals surface area contributed by atoms with Crippen molar-refractivity contribution in [3.8, 4) is 11.1 Å². The zero-order chi connectivity index (χ0) is 18.1. The quantitative estimate of drug-likeness (QED) is 0.330. The fraction of sp³-hybridized carbons (Fsp3) is 0.150. The van der Waals surface area contributed by atoms with E-state index in [1.165, 1.54) is 0 Å². The van der Waals surface area contributed by atoms with Crippen LogP contribution in [0.4, 0.5) is 5.69 Å². The molecule has 25 heavy (non-hydrogen) atoms. The summed E-state index contributed by atoms with van der Waals surface area (Å²) in [6.45, 7) is 10.6. The predicted octanol–water partition coefficient (Wildman–Crippen LogP) is 4.18. The van der Waals surface area contributed by atoms with E-state index in [0.29, 0.717) is 17.7 Å². The van der Waals surface area contributed by atoms with Gasteiger partial charge in [-0.2, -0.15) is 0 Å². The Morgan fingerprint density at radius 1 is 0.960 bits per heavy atom. The molecular formula is C20H17NO4. The van der Waals surface area contributed by atoms with Gasteiger partial charge in [0.25, 0.3) is 0 Å². The Bertz CT molecular complexity index is 786. The molecule has 2 aromatic carbocycles. The number of rotatable bonds is 7. The van der Waals surface area contributed by atoms with Gasteiger partial charge >= 0.3 is 11.9 Å². The van der Waals surface area contributed by atoms with Gasteiger partial charge in [0.2, 0.25) is 0 Å². The van der Waals surface area contributed by atoms with Gasteiger partial charge in [0, 0.05) is 12.5 Å². The number of nitrogens with zero attached hydrogens (tertiary/aromatic N) is 1. The monoisotopic (exact) mass is 335 g/mol. The van der Waals surface area contributed by atoms with Gasteiger partial charge < -0.3 is 9.47 Å². The molecule has 126 valence electrons. The van der Waals surface area contributed by atoms with Crippen molar-refractivity contribution in [1.82, 2.24) is 0 Å². The number of carbonyl (C=O) groups excluding carboxylic acids is 2. The fourth-order valence-corrected chi connectivity index (χ4v) is 2.07. The van der Waals surface area contributed by atoms with Crippen LogP contribution in [0.2, 0.25) is 0 Å². The van der Waals surface area contributed by atoms with Gasteiger partial charge in [-0.3, -0.25) is 0 Å². The Kier molecular flexibility index (Phi) is 6.49. The second kappa shape index (κ2) is 9.04. The van der Waals surface area contributed by atoms with Gasteiger partial charge in [0.15, 0.2) is 5.69 Å². The van der Waals surface area contributed by atoms with Gasteiger partial charge in [-0.05, 0) is 23.3 Å². The molecule has 0 fully saturated rings. The van der Waals surface area contributed by atoms with Crippen molar-refractivity contribution in [2.75, 3.05) is 13.2 Å². The molecule has 0 unspecified atom stereocenters. The Balaban J connectivity index is 1.86. The molecule has 0 aliphatic heterocycles. The number of hydrogen-bond acceptors (Lipinski definition) is 4. The predicted molar refractivity (Wildman–Crippen MR) is 94.2 cm³/mol. The zero-order valence-corrected chi connectivity index (χ0v) is 13.6.